The van der Waals surface area contributed by atoms with Gasteiger partial charge in [-0.2, -0.15) is 0 Å². The summed E-state index contributed by atoms with van der Waals surface area (Å²) in [6.45, 7) is 9.64. The van der Waals surface area contributed by atoms with Crippen LogP contribution in [0.15, 0.2) is 82.7 Å². The van der Waals surface area contributed by atoms with Gasteiger partial charge in [0.2, 0.25) is 10.9 Å². The van der Waals surface area contributed by atoms with Gasteiger partial charge in [-0.25, -0.2) is 17.6 Å². The minimum absolute atomic E-state index is 0.0307. The Labute approximate surface area is 375 Å². The first kappa shape index (κ1) is 46.6. The lowest BCUT2D eigenvalue weighted by atomic mass is 10.1. The predicted molar refractivity (Wildman–Crippen MR) is 233 cm³/mol. The zero-order valence-electron chi connectivity index (χ0n) is 36.7. The van der Waals surface area contributed by atoms with E-state index in [0.29, 0.717) is 12.5 Å². The summed E-state index contributed by atoms with van der Waals surface area (Å²) >= 11 is 0. The largest absolute Gasteiger partial charge is 0.502 e. The monoisotopic (exact) mass is 916 g/mol. The molecule has 16 nitrogen and oxygen atoms in total. The Bertz CT molecular complexity index is 2790. The van der Waals surface area contributed by atoms with Crippen LogP contribution in [0.1, 0.15) is 100 Å². The Hall–Kier alpha value is -7.38. The Kier molecular flexibility index (Phi) is 13.4. The standard InChI is InChI=1S/C25H28F2N4O4.C21H20F2N4O4/c1-4-5-10-35-23-21-25(34)29-14-31(16(3)7-6-15(29)2)30(21)13-19(22(23)32)24(33)28-12-17-8-9-18(26)11-20(17)27;1-11-3-4-12(2)27-10-25(11)21(31)17-19(29)18(28)15(9-26(17)27)20(30)24-8-13-5-6-14(22)7-16(13)23/h6-9,11,13,15-16H,4-5,10,12,14H2,1-3H3,(H,28,33);3-7,9,11-12,29H,8,10H2,1-2H3,(H,24,30)/t15-,16-;11-,12-/m00/s1. The van der Waals surface area contributed by atoms with Crippen LogP contribution in [0.5, 0.6) is 11.5 Å². The minimum atomic E-state index is -1.01. The second-order valence-corrected chi connectivity index (χ2v) is 16.3. The highest BCUT2D eigenvalue weighted by Gasteiger charge is 2.40. The molecule has 3 N–H and O–H groups in total. The normalized spacial score (nSPS) is 19.3. The van der Waals surface area contributed by atoms with Crippen molar-refractivity contribution >= 4 is 23.6 Å². The summed E-state index contributed by atoms with van der Waals surface area (Å²) in [5.74, 6) is -6.64. The Morgan fingerprint density at radius 2 is 1.11 bits per heavy atom. The third kappa shape index (κ3) is 8.99. The maximum absolute atomic E-state index is 14.0. The molecule has 20 heteroatoms. The molecule has 0 fully saturated rings. The van der Waals surface area contributed by atoms with E-state index < -0.39 is 63.2 Å². The van der Waals surface area contributed by atoms with Crippen LogP contribution in [0.4, 0.5) is 17.6 Å². The molecular weight excluding hydrogens is 869 g/mol. The van der Waals surface area contributed by atoms with Crippen LogP contribution in [0.25, 0.3) is 0 Å². The van der Waals surface area contributed by atoms with E-state index >= 15 is 0 Å². The fourth-order valence-electron chi connectivity index (χ4n) is 7.79. The van der Waals surface area contributed by atoms with E-state index in [1.54, 1.807) is 9.91 Å². The molecule has 0 saturated heterocycles. The quantitative estimate of drug-likeness (QED) is 0.117. The van der Waals surface area contributed by atoms with Gasteiger partial charge in [0, 0.05) is 60.8 Å². The number of pyridine rings is 2. The van der Waals surface area contributed by atoms with E-state index in [1.807, 2.05) is 63.9 Å². The van der Waals surface area contributed by atoms with Crippen LogP contribution in [0.2, 0.25) is 0 Å². The molecule has 0 aliphatic carbocycles. The predicted octanol–water partition coefficient (Wildman–Crippen LogP) is 4.39. The van der Waals surface area contributed by atoms with Gasteiger partial charge in [0.15, 0.2) is 22.9 Å². The molecule has 2 aromatic carbocycles. The highest BCUT2D eigenvalue weighted by Crippen LogP contribution is 2.29. The zero-order chi connectivity index (χ0) is 47.7. The van der Waals surface area contributed by atoms with Crippen molar-refractivity contribution in [1.82, 2.24) is 29.8 Å². The smallest absolute Gasteiger partial charge is 0.278 e. The van der Waals surface area contributed by atoms with Crippen molar-refractivity contribution in [2.75, 3.05) is 30.0 Å². The molecule has 4 aromatic rings. The SMILES string of the molecule is CCCCOc1c2n(cc(C(=O)NCc3ccc(F)cc3F)c1=O)N1CN(C2=O)[C@@H](C)C=C[C@@H]1C.C[C@H]1C=C[C@H](C)N2CN1C(=O)c1c(O)c(=O)c(C(=O)NCc3ccc(F)cc3F)cn12. The van der Waals surface area contributed by atoms with Crippen molar-refractivity contribution in [3.8, 4) is 11.5 Å². The number of hydrogen-bond acceptors (Lipinski definition) is 10. The van der Waals surface area contributed by atoms with E-state index in [9.17, 15) is 51.4 Å². The van der Waals surface area contributed by atoms with Gasteiger partial charge < -0.3 is 30.3 Å². The van der Waals surface area contributed by atoms with Crippen LogP contribution in [-0.4, -0.2) is 92.0 Å². The van der Waals surface area contributed by atoms with Crippen LogP contribution in [0, 0.1) is 23.3 Å². The summed E-state index contributed by atoms with van der Waals surface area (Å²) < 4.78 is 62.7. The topological polar surface area (TPSA) is 179 Å². The van der Waals surface area contributed by atoms with Gasteiger partial charge in [-0.05, 0) is 46.2 Å². The number of rotatable bonds is 10. The highest BCUT2D eigenvalue weighted by molar-refractivity contribution is 6.00. The number of halogens is 4. The van der Waals surface area contributed by atoms with Crippen LogP contribution in [-0.2, 0) is 13.1 Å². The molecule has 0 radical (unpaired) electrons. The van der Waals surface area contributed by atoms with Crippen molar-refractivity contribution in [3.05, 3.63) is 150 Å². The van der Waals surface area contributed by atoms with Crippen molar-refractivity contribution in [2.24, 2.45) is 0 Å². The molecule has 4 amide bonds. The number of nitrogens with zero attached hydrogens (tertiary/aromatic N) is 6. The third-order valence-corrected chi connectivity index (χ3v) is 11.8. The number of unbranched alkanes of at least 4 members (excludes halogenated alkanes) is 1. The molecule has 4 bridgehead atoms. The van der Waals surface area contributed by atoms with Gasteiger partial charge >= 0.3 is 0 Å². The van der Waals surface area contributed by atoms with Crippen molar-refractivity contribution < 1.29 is 46.6 Å². The molecule has 0 saturated carbocycles. The fraction of sp³-hybridized carbons (Fsp3) is 0.348. The first-order valence-corrected chi connectivity index (χ1v) is 21.3. The number of ether oxygens (including phenoxy) is 1. The highest BCUT2D eigenvalue weighted by atomic mass is 19.1. The van der Waals surface area contributed by atoms with E-state index in [1.165, 1.54) is 38.8 Å². The summed E-state index contributed by atoms with van der Waals surface area (Å²) in [7, 11) is 0. The van der Waals surface area contributed by atoms with Gasteiger partial charge in [-0.15, -0.1) is 0 Å². The van der Waals surface area contributed by atoms with Crippen LogP contribution < -0.4 is 36.2 Å². The fourth-order valence-corrected chi connectivity index (χ4v) is 7.79. The second-order valence-electron chi connectivity index (χ2n) is 16.3. The number of aromatic nitrogens is 2. The number of carbonyl (C=O) groups excluding carboxylic acids is 4. The number of carbonyl (C=O) groups is 4. The van der Waals surface area contributed by atoms with Gasteiger partial charge in [0.05, 0.1) is 18.7 Å². The van der Waals surface area contributed by atoms with E-state index in [0.717, 1.165) is 24.6 Å². The molecule has 6 heterocycles. The van der Waals surface area contributed by atoms with Gasteiger partial charge in [-0.3, -0.25) is 48.1 Å². The van der Waals surface area contributed by atoms with Crippen LogP contribution >= 0.6 is 0 Å². The average Bonchev–Trinajstić information content (AvgIpc) is 3.50. The second kappa shape index (κ2) is 19.0. The zero-order valence-corrected chi connectivity index (χ0v) is 36.7. The maximum atomic E-state index is 14.0. The minimum Gasteiger partial charge on any atom is -0.502 e. The molecule has 348 valence electrons. The summed E-state index contributed by atoms with van der Waals surface area (Å²) in [4.78, 5) is 81.2. The number of fused-ring (bicyclic) bond motifs is 8. The average molecular weight is 917 g/mol. The first-order valence-electron chi connectivity index (χ1n) is 21.3. The Morgan fingerprint density at radius 3 is 1.58 bits per heavy atom. The van der Waals surface area contributed by atoms with Crippen molar-refractivity contribution in [1.29, 1.82) is 0 Å². The molecule has 2 aromatic heterocycles. The molecule has 4 aliphatic rings. The summed E-state index contributed by atoms with van der Waals surface area (Å²) in [5.41, 5.74) is -2.42. The van der Waals surface area contributed by atoms with E-state index in [-0.39, 0.29) is 96.9 Å². The molecule has 4 atom stereocenters. The van der Waals surface area contributed by atoms with Gasteiger partial charge in [-0.1, -0.05) is 49.8 Å². The molecule has 0 spiro atoms. The Balaban J connectivity index is 0.000000198. The third-order valence-electron chi connectivity index (χ3n) is 11.8. The lowest BCUT2D eigenvalue weighted by molar-refractivity contribution is 0.0644. The number of hydrogen-bond donors (Lipinski definition) is 3. The lowest BCUT2D eigenvalue weighted by Gasteiger charge is -2.42. The molecule has 0 unspecified atom stereocenters. The summed E-state index contributed by atoms with van der Waals surface area (Å²) in [6.07, 6.45) is 11.6. The Morgan fingerprint density at radius 1 is 0.667 bits per heavy atom. The summed E-state index contributed by atoms with van der Waals surface area (Å²) in [6, 6.07) is 5.21. The number of nitrogens with one attached hydrogen (secondary N) is 2. The van der Waals surface area contributed by atoms with Crippen molar-refractivity contribution in [3.63, 3.8) is 0 Å². The van der Waals surface area contributed by atoms with E-state index in [2.05, 4.69) is 10.6 Å². The van der Waals surface area contributed by atoms with Crippen LogP contribution in [0.3, 0.4) is 0 Å². The number of aromatic hydroxyl groups is 1. The maximum Gasteiger partial charge on any atom is 0.278 e. The molecular formula is C46H48F4N8O8. The summed E-state index contributed by atoms with van der Waals surface area (Å²) in [5, 5.41) is 19.0. The number of amides is 4. The van der Waals surface area contributed by atoms with E-state index in [4.69, 9.17) is 4.74 Å². The van der Waals surface area contributed by atoms with Gasteiger partial charge in [0.25, 0.3) is 23.6 Å². The molecule has 4 aliphatic heterocycles. The number of benzene rings is 2. The first-order chi connectivity index (χ1) is 31.4. The lowest BCUT2D eigenvalue weighted by Crippen LogP contribution is -2.57. The molecule has 66 heavy (non-hydrogen) atoms. The van der Waals surface area contributed by atoms with Gasteiger partial charge in [0.1, 0.15) is 47.7 Å². The van der Waals surface area contributed by atoms with Crippen molar-refractivity contribution in [2.45, 2.75) is 84.7 Å². The molecule has 8 rings (SSSR count).